The number of phenolic OH excluding ortho intramolecular Hbond substituents is 1. The molecule has 2 aliphatic heterocycles. The third-order valence-corrected chi connectivity index (χ3v) is 6.76. The molecule has 6 nitrogen and oxygen atoms in total. The van der Waals surface area contributed by atoms with Crippen molar-refractivity contribution in [2.75, 3.05) is 20.2 Å². The smallest absolute Gasteiger partial charge is 0.231 e. The Morgan fingerprint density at radius 2 is 1.94 bits per heavy atom. The molecule has 1 saturated heterocycles. The van der Waals surface area contributed by atoms with Crippen molar-refractivity contribution in [3.63, 3.8) is 0 Å². The van der Waals surface area contributed by atoms with Crippen molar-refractivity contribution >= 4 is 22.8 Å². The summed E-state index contributed by atoms with van der Waals surface area (Å²) in [5.74, 6) is 2.73. The Morgan fingerprint density at radius 1 is 1.18 bits per heavy atom. The molecule has 2 aliphatic rings. The summed E-state index contributed by atoms with van der Waals surface area (Å²) in [6, 6.07) is 9.15. The number of carbonyl (C=O) groups excluding carboxylic acids is 1. The van der Waals surface area contributed by atoms with Gasteiger partial charge < -0.3 is 19.1 Å². The number of fused-ring (bicyclic) bond motifs is 2. The minimum Gasteiger partial charge on any atom is -0.507 e. The van der Waals surface area contributed by atoms with Crippen molar-refractivity contribution in [3.05, 3.63) is 59.0 Å². The number of methoxy groups -OCH3 is 1. The molecule has 2 aromatic carbocycles. The number of aromatic nitrogens is 1. The lowest BCUT2D eigenvalue weighted by molar-refractivity contribution is 0.101. The lowest BCUT2D eigenvalue weighted by Crippen LogP contribution is -2.38. The highest BCUT2D eigenvalue weighted by Crippen LogP contribution is 2.41. The normalized spacial score (nSPS) is 22.1. The lowest BCUT2D eigenvalue weighted by atomic mass is 9.91. The fourth-order valence-electron chi connectivity index (χ4n) is 5.38. The fourth-order valence-corrected chi connectivity index (χ4v) is 5.38. The number of piperidine rings is 1. The number of aromatic hydroxyl groups is 1. The molecule has 3 aromatic rings. The molecule has 0 bridgehead atoms. The van der Waals surface area contributed by atoms with E-state index in [-0.39, 0.29) is 17.3 Å². The first-order valence-corrected chi connectivity index (χ1v) is 11.5. The van der Waals surface area contributed by atoms with E-state index in [1.54, 1.807) is 25.3 Å². The Bertz CT molecular complexity index is 1260. The molecule has 6 heteroatoms. The van der Waals surface area contributed by atoms with Crippen LogP contribution in [0, 0.1) is 11.8 Å². The Balaban J connectivity index is 1.50. The average molecular weight is 447 g/mol. The van der Waals surface area contributed by atoms with Gasteiger partial charge in [-0.25, -0.2) is 0 Å². The number of nitrogens with zero attached hydrogens (tertiary/aromatic N) is 2. The van der Waals surface area contributed by atoms with E-state index in [2.05, 4.69) is 18.7 Å². The molecule has 0 saturated carbocycles. The van der Waals surface area contributed by atoms with Gasteiger partial charge in [0.15, 0.2) is 5.76 Å². The van der Waals surface area contributed by atoms with Gasteiger partial charge in [-0.2, -0.15) is 0 Å². The van der Waals surface area contributed by atoms with E-state index in [9.17, 15) is 9.90 Å². The monoisotopic (exact) mass is 446 g/mol. The van der Waals surface area contributed by atoms with Crippen molar-refractivity contribution in [3.8, 4) is 17.2 Å². The number of phenols is 1. The van der Waals surface area contributed by atoms with E-state index in [1.165, 1.54) is 6.42 Å². The number of hydrogen-bond acceptors (Lipinski definition) is 5. The van der Waals surface area contributed by atoms with Gasteiger partial charge >= 0.3 is 0 Å². The highest BCUT2D eigenvalue weighted by Gasteiger charge is 2.33. The summed E-state index contributed by atoms with van der Waals surface area (Å²) in [4.78, 5) is 15.6. The topological polar surface area (TPSA) is 63.9 Å². The molecule has 2 atom stereocenters. The SMILES string of the molecule is COc1ccc2c(c1)c(/C=C1\Oc3c(ccc(O)c3CN3C[C@H](C)C[C@H](C)C3)C1=O)cn2C. The molecule has 0 unspecified atom stereocenters. The molecule has 1 N–H and O–H groups in total. The first-order chi connectivity index (χ1) is 15.8. The summed E-state index contributed by atoms with van der Waals surface area (Å²) >= 11 is 0. The fraction of sp³-hybridized carbons (Fsp3) is 0.370. The van der Waals surface area contributed by atoms with Crippen LogP contribution in [0.15, 0.2) is 42.3 Å². The number of rotatable bonds is 4. The minimum absolute atomic E-state index is 0.161. The number of hydrogen-bond donors (Lipinski definition) is 1. The summed E-state index contributed by atoms with van der Waals surface area (Å²) in [5, 5.41) is 11.6. The molecule has 0 aliphatic carbocycles. The van der Waals surface area contributed by atoms with Gasteiger partial charge in [-0.3, -0.25) is 9.69 Å². The lowest BCUT2D eigenvalue weighted by Gasteiger charge is -2.35. The molecular weight excluding hydrogens is 416 g/mol. The van der Waals surface area contributed by atoms with Crippen LogP contribution in [-0.4, -0.2) is 40.6 Å². The minimum atomic E-state index is -0.161. The number of Topliss-reactive ketones (excluding diaryl/α,β-unsaturated/α-hetero) is 1. The van der Waals surface area contributed by atoms with Crippen LogP contribution < -0.4 is 9.47 Å². The highest BCUT2D eigenvalue weighted by molar-refractivity contribution is 6.15. The number of carbonyl (C=O) groups is 1. The molecular formula is C27H30N2O4. The first-order valence-electron chi connectivity index (χ1n) is 11.5. The number of benzene rings is 2. The quantitative estimate of drug-likeness (QED) is 0.572. The van der Waals surface area contributed by atoms with E-state index >= 15 is 0 Å². The second-order valence-corrected chi connectivity index (χ2v) is 9.60. The molecule has 172 valence electrons. The Hall–Kier alpha value is -3.25. The zero-order chi connectivity index (χ0) is 23.3. The standard InChI is InChI=1S/C27H30N2O4/c1-16-9-17(2)13-29(12-16)15-22-24(30)8-6-20-26(31)25(33-27(20)22)10-18-14-28(3)23-7-5-19(32-4)11-21(18)23/h5-8,10-11,14,16-17,30H,9,12-13,15H2,1-4H3/b25-10-/t16-,17+. The summed E-state index contributed by atoms with van der Waals surface area (Å²) in [7, 11) is 3.61. The van der Waals surface area contributed by atoms with Crippen LogP contribution in [0.1, 0.15) is 41.8 Å². The van der Waals surface area contributed by atoms with E-state index in [1.807, 2.05) is 36.0 Å². The Morgan fingerprint density at radius 3 is 2.67 bits per heavy atom. The summed E-state index contributed by atoms with van der Waals surface area (Å²) in [6.45, 7) is 7.04. The van der Waals surface area contributed by atoms with Crippen LogP contribution >= 0.6 is 0 Å². The number of likely N-dealkylation sites (tertiary alicyclic amines) is 1. The average Bonchev–Trinajstić information content (AvgIpc) is 3.26. The maximum atomic E-state index is 13.2. The molecule has 0 radical (unpaired) electrons. The highest BCUT2D eigenvalue weighted by atomic mass is 16.5. The first kappa shape index (κ1) is 21.6. The second kappa shape index (κ2) is 8.27. The van der Waals surface area contributed by atoms with Crippen LogP contribution in [0.5, 0.6) is 17.2 Å². The third kappa shape index (κ3) is 3.89. The van der Waals surface area contributed by atoms with Crippen molar-refractivity contribution in [1.82, 2.24) is 9.47 Å². The summed E-state index contributed by atoms with van der Waals surface area (Å²) in [6.07, 6.45) is 4.98. The van der Waals surface area contributed by atoms with E-state index in [4.69, 9.17) is 9.47 Å². The third-order valence-electron chi connectivity index (χ3n) is 6.76. The zero-order valence-corrected chi connectivity index (χ0v) is 19.6. The maximum absolute atomic E-state index is 13.2. The van der Waals surface area contributed by atoms with Crippen molar-refractivity contribution in [2.24, 2.45) is 18.9 Å². The maximum Gasteiger partial charge on any atom is 0.231 e. The molecule has 1 aromatic heterocycles. The van der Waals surface area contributed by atoms with E-state index in [0.717, 1.165) is 35.3 Å². The van der Waals surface area contributed by atoms with Crippen LogP contribution in [0.4, 0.5) is 0 Å². The number of allylic oxidation sites excluding steroid dienone is 1. The molecule has 3 heterocycles. The molecule has 1 fully saturated rings. The van der Waals surface area contributed by atoms with Crippen LogP contribution in [0.2, 0.25) is 0 Å². The molecule has 33 heavy (non-hydrogen) atoms. The van der Waals surface area contributed by atoms with Gasteiger partial charge in [0.1, 0.15) is 17.2 Å². The van der Waals surface area contributed by atoms with Crippen molar-refractivity contribution in [1.29, 1.82) is 0 Å². The van der Waals surface area contributed by atoms with Gasteiger partial charge in [-0.05, 0) is 54.7 Å². The predicted octanol–water partition coefficient (Wildman–Crippen LogP) is 4.99. The summed E-state index contributed by atoms with van der Waals surface area (Å²) < 4.78 is 13.5. The molecule has 0 amide bonds. The largest absolute Gasteiger partial charge is 0.507 e. The van der Waals surface area contributed by atoms with Crippen molar-refractivity contribution < 1.29 is 19.4 Å². The van der Waals surface area contributed by atoms with Crippen LogP contribution in [-0.2, 0) is 13.6 Å². The van der Waals surface area contributed by atoms with Gasteiger partial charge in [0.2, 0.25) is 5.78 Å². The zero-order valence-electron chi connectivity index (χ0n) is 19.6. The van der Waals surface area contributed by atoms with Gasteiger partial charge in [-0.1, -0.05) is 13.8 Å². The number of aryl methyl sites for hydroxylation is 1. The molecule has 5 rings (SSSR count). The van der Waals surface area contributed by atoms with Gasteiger partial charge in [0.25, 0.3) is 0 Å². The van der Waals surface area contributed by atoms with Gasteiger partial charge in [0, 0.05) is 49.3 Å². The van der Waals surface area contributed by atoms with Gasteiger partial charge in [-0.15, -0.1) is 0 Å². The van der Waals surface area contributed by atoms with Crippen LogP contribution in [0.3, 0.4) is 0 Å². The van der Waals surface area contributed by atoms with E-state index in [0.29, 0.717) is 35.3 Å². The van der Waals surface area contributed by atoms with E-state index < -0.39 is 0 Å². The Labute approximate surface area is 194 Å². The Kier molecular flexibility index (Phi) is 5.41. The number of ether oxygens (including phenoxy) is 2. The van der Waals surface area contributed by atoms with Crippen molar-refractivity contribution in [2.45, 2.75) is 26.8 Å². The summed E-state index contributed by atoms with van der Waals surface area (Å²) in [5.41, 5.74) is 3.11. The van der Waals surface area contributed by atoms with Crippen LogP contribution in [0.25, 0.3) is 17.0 Å². The van der Waals surface area contributed by atoms with Gasteiger partial charge in [0.05, 0.1) is 18.2 Å². The number of ketones is 1. The second-order valence-electron chi connectivity index (χ2n) is 9.60. The predicted molar refractivity (Wildman–Crippen MR) is 129 cm³/mol. The molecule has 0 spiro atoms.